The van der Waals surface area contributed by atoms with E-state index in [0.29, 0.717) is 6.61 Å². The minimum absolute atomic E-state index is 0.0307. The molecule has 0 aliphatic heterocycles. The van der Waals surface area contributed by atoms with Gasteiger partial charge in [-0.2, -0.15) is 5.10 Å². The molecule has 0 bridgehead atoms. The third-order valence-electron chi connectivity index (χ3n) is 3.15. The number of carbonyl (C=O) groups excluding carboxylic acids is 2. The van der Waals surface area contributed by atoms with Crippen LogP contribution in [0.25, 0.3) is 0 Å². The van der Waals surface area contributed by atoms with E-state index >= 15 is 0 Å². The van der Waals surface area contributed by atoms with Gasteiger partial charge in [0.25, 0.3) is 0 Å². The van der Waals surface area contributed by atoms with Gasteiger partial charge in [0.15, 0.2) is 0 Å². The van der Waals surface area contributed by atoms with Crippen molar-refractivity contribution in [3.63, 3.8) is 0 Å². The van der Waals surface area contributed by atoms with Gasteiger partial charge in [-0.25, -0.2) is 0 Å². The largest absolute Gasteiger partial charge is 0.465 e. The maximum atomic E-state index is 12.4. The summed E-state index contributed by atoms with van der Waals surface area (Å²) in [5.41, 5.74) is 0. The highest BCUT2D eigenvalue weighted by Crippen LogP contribution is 2.28. The molecular formula is C13H19N3O3. The molecule has 2 rings (SSSR count). The van der Waals surface area contributed by atoms with Gasteiger partial charge in [-0.05, 0) is 32.8 Å². The van der Waals surface area contributed by atoms with Crippen LogP contribution in [0.1, 0.15) is 32.7 Å². The van der Waals surface area contributed by atoms with Gasteiger partial charge < -0.3 is 9.64 Å². The molecule has 104 valence electrons. The highest BCUT2D eigenvalue weighted by Gasteiger charge is 2.36. The quantitative estimate of drug-likeness (QED) is 0.720. The lowest BCUT2D eigenvalue weighted by Crippen LogP contribution is -2.41. The zero-order chi connectivity index (χ0) is 13.8. The van der Waals surface area contributed by atoms with Gasteiger partial charge in [-0.1, -0.05) is 0 Å². The molecule has 6 heteroatoms. The van der Waals surface area contributed by atoms with E-state index in [-0.39, 0.29) is 24.5 Å². The number of hydrogen-bond donors (Lipinski definition) is 0. The van der Waals surface area contributed by atoms with Crippen LogP contribution in [-0.4, -0.2) is 45.8 Å². The zero-order valence-corrected chi connectivity index (χ0v) is 11.3. The first-order valence-corrected chi connectivity index (χ1v) is 6.58. The van der Waals surface area contributed by atoms with Gasteiger partial charge in [0.05, 0.1) is 6.61 Å². The molecule has 1 amide bonds. The molecule has 0 saturated heterocycles. The van der Waals surface area contributed by atoms with Gasteiger partial charge in [0.2, 0.25) is 5.91 Å². The van der Waals surface area contributed by atoms with E-state index < -0.39 is 6.04 Å². The van der Waals surface area contributed by atoms with Crippen molar-refractivity contribution in [3.8, 4) is 0 Å². The van der Waals surface area contributed by atoms with E-state index in [9.17, 15) is 9.59 Å². The van der Waals surface area contributed by atoms with E-state index in [1.54, 1.807) is 41.9 Å². The molecule has 1 aliphatic rings. The number of ether oxygens (including phenoxy) is 1. The van der Waals surface area contributed by atoms with Gasteiger partial charge in [0, 0.05) is 18.4 Å². The monoisotopic (exact) mass is 265 g/mol. The first-order chi connectivity index (χ1) is 9.13. The standard InChI is InChI=1S/C13H19N3O3/c1-3-19-12(17)9-15(11-5-6-11)13(18)10(2)16-8-4-7-14-16/h4,7-8,10-11H,3,5-6,9H2,1-2H3. The van der Waals surface area contributed by atoms with Crippen molar-refractivity contribution in [2.45, 2.75) is 38.8 Å². The van der Waals surface area contributed by atoms with Crippen molar-refractivity contribution < 1.29 is 14.3 Å². The van der Waals surface area contributed by atoms with Crippen LogP contribution < -0.4 is 0 Å². The molecular weight excluding hydrogens is 246 g/mol. The summed E-state index contributed by atoms with van der Waals surface area (Å²) >= 11 is 0. The summed E-state index contributed by atoms with van der Waals surface area (Å²) in [6.07, 6.45) is 5.29. The maximum absolute atomic E-state index is 12.4. The molecule has 19 heavy (non-hydrogen) atoms. The Hall–Kier alpha value is -1.85. The second kappa shape index (κ2) is 5.86. The molecule has 0 aromatic carbocycles. The Morgan fingerprint density at radius 1 is 1.53 bits per heavy atom. The third-order valence-corrected chi connectivity index (χ3v) is 3.15. The van der Waals surface area contributed by atoms with Crippen molar-refractivity contribution >= 4 is 11.9 Å². The lowest BCUT2D eigenvalue weighted by molar-refractivity contribution is -0.150. The Kier molecular flexibility index (Phi) is 4.19. The van der Waals surface area contributed by atoms with Crippen LogP contribution in [0.4, 0.5) is 0 Å². The minimum atomic E-state index is -0.398. The highest BCUT2D eigenvalue weighted by molar-refractivity contribution is 5.85. The first-order valence-electron chi connectivity index (χ1n) is 6.58. The van der Waals surface area contributed by atoms with Crippen LogP contribution in [0.3, 0.4) is 0 Å². The summed E-state index contributed by atoms with van der Waals surface area (Å²) in [4.78, 5) is 25.6. The number of amides is 1. The lowest BCUT2D eigenvalue weighted by Gasteiger charge is -2.24. The fourth-order valence-corrected chi connectivity index (χ4v) is 1.98. The van der Waals surface area contributed by atoms with Crippen LogP contribution in [0.5, 0.6) is 0 Å². The SMILES string of the molecule is CCOC(=O)CN(C(=O)C(C)n1cccn1)C1CC1. The van der Waals surface area contributed by atoms with E-state index in [4.69, 9.17) is 4.74 Å². The van der Waals surface area contributed by atoms with Gasteiger partial charge >= 0.3 is 5.97 Å². The first kappa shape index (κ1) is 13.6. The summed E-state index contributed by atoms with van der Waals surface area (Å²) in [7, 11) is 0. The van der Waals surface area contributed by atoms with E-state index in [2.05, 4.69) is 5.10 Å². The second-order valence-electron chi connectivity index (χ2n) is 4.66. The second-order valence-corrected chi connectivity index (χ2v) is 4.66. The summed E-state index contributed by atoms with van der Waals surface area (Å²) in [6.45, 7) is 3.91. The van der Waals surface area contributed by atoms with E-state index in [1.807, 2.05) is 0 Å². The molecule has 1 aliphatic carbocycles. The molecule has 1 unspecified atom stereocenters. The van der Waals surface area contributed by atoms with Crippen LogP contribution in [0.15, 0.2) is 18.5 Å². The average Bonchev–Trinajstić information content (AvgIpc) is 3.08. The molecule has 1 aromatic heterocycles. The molecule has 1 fully saturated rings. The number of rotatable bonds is 6. The normalized spacial score (nSPS) is 15.9. The Bertz CT molecular complexity index is 440. The van der Waals surface area contributed by atoms with E-state index in [0.717, 1.165) is 12.8 Å². The molecule has 0 N–H and O–H groups in total. The minimum Gasteiger partial charge on any atom is -0.465 e. The van der Waals surface area contributed by atoms with Gasteiger partial charge in [-0.3, -0.25) is 14.3 Å². The smallest absolute Gasteiger partial charge is 0.325 e. The number of nitrogens with zero attached hydrogens (tertiary/aromatic N) is 3. The van der Waals surface area contributed by atoms with Crippen molar-refractivity contribution in [1.29, 1.82) is 0 Å². The predicted octanol–water partition coefficient (Wildman–Crippen LogP) is 0.998. The van der Waals surface area contributed by atoms with Crippen molar-refractivity contribution in [3.05, 3.63) is 18.5 Å². The fourth-order valence-electron chi connectivity index (χ4n) is 1.98. The van der Waals surface area contributed by atoms with Gasteiger partial charge in [0.1, 0.15) is 12.6 Å². The Labute approximate surface area is 112 Å². The number of carbonyl (C=O) groups is 2. The fraction of sp³-hybridized carbons (Fsp3) is 0.615. The number of aromatic nitrogens is 2. The zero-order valence-electron chi connectivity index (χ0n) is 11.3. The topological polar surface area (TPSA) is 64.4 Å². The average molecular weight is 265 g/mol. The maximum Gasteiger partial charge on any atom is 0.325 e. The third kappa shape index (κ3) is 3.33. The van der Waals surface area contributed by atoms with Crippen molar-refractivity contribution in [2.75, 3.05) is 13.2 Å². The summed E-state index contributed by atoms with van der Waals surface area (Å²) in [5.74, 6) is -0.435. The highest BCUT2D eigenvalue weighted by atomic mass is 16.5. The Morgan fingerprint density at radius 3 is 2.79 bits per heavy atom. The van der Waals surface area contributed by atoms with Crippen molar-refractivity contribution in [1.82, 2.24) is 14.7 Å². The molecule has 1 saturated carbocycles. The van der Waals surface area contributed by atoms with Crippen LogP contribution in [0.2, 0.25) is 0 Å². The lowest BCUT2D eigenvalue weighted by atomic mass is 10.2. The molecule has 0 radical (unpaired) electrons. The van der Waals surface area contributed by atoms with Crippen LogP contribution in [0, 0.1) is 0 Å². The van der Waals surface area contributed by atoms with E-state index in [1.165, 1.54) is 0 Å². The Balaban J connectivity index is 2.02. The summed E-state index contributed by atoms with van der Waals surface area (Å²) in [6, 6.07) is 1.55. The number of esters is 1. The molecule has 1 aromatic rings. The summed E-state index contributed by atoms with van der Waals surface area (Å²) in [5, 5.41) is 4.07. The van der Waals surface area contributed by atoms with Crippen LogP contribution in [-0.2, 0) is 14.3 Å². The number of hydrogen-bond acceptors (Lipinski definition) is 4. The molecule has 1 heterocycles. The predicted molar refractivity (Wildman–Crippen MR) is 68.3 cm³/mol. The van der Waals surface area contributed by atoms with Gasteiger partial charge in [-0.15, -0.1) is 0 Å². The van der Waals surface area contributed by atoms with Crippen molar-refractivity contribution in [2.24, 2.45) is 0 Å². The molecule has 0 spiro atoms. The Morgan fingerprint density at radius 2 is 2.26 bits per heavy atom. The van der Waals surface area contributed by atoms with Crippen LogP contribution >= 0.6 is 0 Å². The molecule has 1 atom stereocenters. The summed E-state index contributed by atoms with van der Waals surface area (Å²) < 4.78 is 6.52. The molecule has 6 nitrogen and oxygen atoms in total.